The first-order valence-corrected chi connectivity index (χ1v) is 9.55. The Morgan fingerprint density at radius 1 is 1.11 bits per heavy atom. The second-order valence-electron chi connectivity index (χ2n) is 6.21. The molecule has 4 rings (SSSR count). The smallest absolute Gasteiger partial charge is 0.273 e. The number of nitrogens with zero attached hydrogens (tertiary/aromatic N) is 6. The molecule has 0 aliphatic rings. The number of carbonyl (C=O) groups excluding carboxylic acids is 1. The summed E-state index contributed by atoms with van der Waals surface area (Å²) >= 11 is 1.61. The van der Waals surface area contributed by atoms with E-state index in [-0.39, 0.29) is 18.1 Å². The van der Waals surface area contributed by atoms with Gasteiger partial charge >= 0.3 is 0 Å². The summed E-state index contributed by atoms with van der Waals surface area (Å²) in [4.78, 5) is 16.8. The van der Waals surface area contributed by atoms with Crippen molar-refractivity contribution in [2.24, 2.45) is 0 Å². The molecule has 4 heterocycles. The van der Waals surface area contributed by atoms with Crippen molar-refractivity contribution < 1.29 is 4.79 Å². The van der Waals surface area contributed by atoms with Crippen LogP contribution in [0.15, 0.2) is 47.3 Å². The number of aromatic nitrogens is 6. The second kappa shape index (κ2) is 7.65. The van der Waals surface area contributed by atoms with Crippen LogP contribution in [0.3, 0.4) is 0 Å². The summed E-state index contributed by atoms with van der Waals surface area (Å²) in [6.07, 6.45) is 1.58. The summed E-state index contributed by atoms with van der Waals surface area (Å²) in [7, 11) is 0. The van der Waals surface area contributed by atoms with Crippen LogP contribution in [0.1, 0.15) is 27.6 Å². The highest BCUT2D eigenvalue weighted by atomic mass is 32.1. The Bertz CT molecular complexity index is 1100. The molecule has 0 spiro atoms. The molecular weight excluding hydrogens is 374 g/mol. The lowest BCUT2D eigenvalue weighted by Gasteiger charge is -2.04. The predicted octanol–water partition coefficient (Wildman–Crippen LogP) is 2.73. The third kappa shape index (κ3) is 3.79. The Balaban J connectivity index is 1.41. The van der Waals surface area contributed by atoms with E-state index in [9.17, 15) is 4.79 Å². The van der Waals surface area contributed by atoms with Crippen molar-refractivity contribution in [1.29, 1.82) is 0 Å². The van der Waals surface area contributed by atoms with Gasteiger partial charge in [0.05, 0.1) is 35.5 Å². The molecule has 0 saturated heterocycles. The summed E-state index contributed by atoms with van der Waals surface area (Å²) < 4.78 is 1.55. The molecule has 0 unspecified atom stereocenters. The lowest BCUT2D eigenvalue weighted by atomic mass is 10.2. The van der Waals surface area contributed by atoms with Crippen LogP contribution < -0.4 is 5.32 Å². The first-order valence-electron chi connectivity index (χ1n) is 8.60. The highest BCUT2D eigenvalue weighted by Gasteiger charge is 2.13. The van der Waals surface area contributed by atoms with Gasteiger partial charge < -0.3 is 5.32 Å². The Hall–Kier alpha value is -3.46. The van der Waals surface area contributed by atoms with E-state index in [0.717, 1.165) is 28.3 Å². The van der Waals surface area contributed by atoms with E-state index in [1.165, 1.54) is 0 Å². The van der Waals surface area contributed by atoms with Crippen molar-refractivity contribution in [2.45, 2.75) is 20.4 Å². The van der Waals surface area contributed by atoms with Gasteiger partial charge in [0.15, 0.2) is 5.69 Å². The highest BCUT2D eigenvalue weighted by molar-refractivity contribution is 7.08. The van der Waals surface area contributed by atoms with E-state index in [1.54, 1.807) is 22.2 Å². The topological polar surface area (TPSA) is 98.5 Å². The van der Waals surface area contributed by atoms with Crippen molar-refractivity contribution in [1.82, 2.24) is 35.5 Å². The van der Waals surface area contributed by atoms with E-state index >= 15 is 0 Å². The fourth-order valence-electron chi connectivity index (χ4n) is 2.69. The zero-order valence-corrected chi connectivity index (χ0v) is 16.1. The molecule has 28 heavy (non-hydrogen) atoms. The van der Waals surface area contributed by atoms with Gasteiger partial charge in [0.25, 0.3) is 5.91 Å². The number of amides is 1. The lowest BCUT2D eigenvalue weighted by molar-refractivity contribution is 0.0945. The van der Waals surface area contributed by atoms with E-state index in [0.29, 0.717) is 5.69 Å². The van der Waals surface area contributed by atoms with Gasteiger partial charge in [-0.25, -0.2) is 4.68 Å². The largest absolute Gasteiger partial charge is 0.345 e. The fourth-order valence-corrected chi connectivity index (χ4v) is 3.34. The van der Waals surface area contributed by atoms with Gasteiger partial charge in [-0.2, -0.15) is 21.5 Å². The Kier molecular flexibility index (Phi) is 4.90. The molecule has 0 radical (unpaired) electrons. The van der Waals surface area contributed by atoms with E-state index in [4.69, 9.17) is 0 Å². The van der Waals surface area contributed by atoms with Crippen molar-refractivity contribution in [2.75, 3.05) is 0 Å². The van der Waals surface area contributed by atoms with Gasteiger partial charge in [0.2, 0.25) is 0 Å². The van der Waals surface area contributed by atoms with Crippen LogP contribution >= 0.6 is 11.3 Å². The number of thiophene rings is 1. The van der Waals surface area contributed by atoms with Gasteiger partial charge in [0, 0.05) is 16.6 Å². The van der Waals surface area contributed by atoms with Crippen molar-refractivity contribution in [3.8, 4) is 16.9 Å². The normalized spacial score (nSPS) is 10.8. The number of aryl methyl sites for hydroxylation is 2. The molecule has 140 valence electrons. The number of carbonyl (C=O) groups is 1. The van der Waals surface area contributed by atoms with Crippen LogP contribution in [0, 0.1) is 13.8 Å². The predicted molar refractivity (Wildman–Crippen MR) is 105 cm³/mol. The SMILES string of the molecule is Cc1ccc(-n2cc(C(=O)NCc3ccc(-c4ccsc4)nn3)nn2)c(C)n1. The standard InChI is InChI=1S/C19H17N7OS/c1-12-3-6-18(13(2)21-12)26-10-17(24-25-26)19(27)20-9-15-4-5-16(23-22-15)14-7-8-28-11-14/h3-8,10-11H,9H2,1-2H3,(H,20,27). The molecule has 0 aliphatic carbocycles. The molecule has 0 fully saturated rings. The van der Waals surface area contributed by atoms with Gasteiger partial charge in [-0.1, -0.05) is 5.21 Å². The first kappa shape index (κ1) is 17.9. The molecule has 1 N–H and O–H groups in total. The molecule has 8 nitrogen and oxygen atoms in total. The lowest BCUT2D eigenvalue weighted by Crippen LogP contribution is -2.23. The molecule has 4 aromatic rings. The highest BCUT2D eigenvalue weighted by Crippen LogP contribution is 2.19. The molecule has 0 atom stereocenters. The molecule has 1 amide bonds. The minimum atomic E-state index is -0.326. The molecule has 4 aromatic heterocycles. The van der Waals surface area contributed by atoms with E-state index < -0.39 is 0 Å². The molecule has 0 saturated carbocycles. The number of hydrogen-bond acceptors (Lipinski definition) is 7. The van der Waals surface area contributed by atoms with Gasteiger partial charge in [0.1, 0.15) is 0 Å². The minimum Gasteiger partial charge on any atom is -0.345 e. The summed E-state index contributed by atoms with van der Waals surface area (Å²) in [5, 5.41) is 23.1. The fraction of sp³-hybridized carbons (Fsp3) is 0.158. The zero-order valence-electron chi connectivity index (χ0n) is 15.3. The zero-order chi connectivity index (χ0) is 19.5. The number of rotatable bonds is 5. The third-order valence-corrected chi connectivity index (χ3v) is 4.82. The van der Waals surface area contributed by atoms with Gasteiger partial charge in [-0.3, -0.25) is 9.78 Å². The van der Waals surface area contributed by atoms with Crippen LogP contribution in [0.4, 0.5) is 0 Å². The second-order valence-corrected chi connectivity index (χ2v) is 6.99. The number of pyridine rings is 1. The Morgan fingerprint density at radius 2 is 2.00 bits per heavy atom. The summed E-state index contributed by atoms with van der Waals surface area (Å²) in [5.41, 5.74) is 5.25. The maximum Gasteiger partial charge on any atom is 0.273 e. The Labute approximate surface area is 165 Å². The van der Waals surface area contributed by atoms with Crippen LogP contribution in [-0.2, 0) is 6.54 Å². The first-order chi connectivity index (χ1) is 13.6. The molecule has 0 bridgehead atoms. The van der Waals surface area contributed by atoms with Crippen LogP contribution in [0.5, 0.6) is 0 Å². The van der Waals surface area contributed by atoms with Gasteiger partial charge in [-0.05, 0) is 49.6 Å². The summed E-state index contributed by atoms with van der Waals surface area (Å²) in [6.45, 7) is 4.07. The molecule has 0 aliphatic heterocycles. The summed E-state index contributed by atoms with van der Waals surface area (Å²) in [5.74, 6) is -0.326. The van der Waals surface area contributed by atoms with Crippen molar-refractivity contribution >= 4 is 17.2 Å². The van der Waals surface area contributed by atoms with Crippen LogP contribution in [-0.4, -0.2) is 36.1 Å². The quantitative estimate of drug-likeness (QED) is 0.562. The van der Waals surface area contributed by atoms with Crippen molar-refractivity contribution in [3.63, 3.8) is 0 Å². The summed E-state index contributed by atoms with van der Waals surface area (Å²) in [6, 6.07) is 9.52. The molecule has 0 aromatic carbocycles. The maximum atomic E-state index is 12.4. The number of hydrogen-bond donors (Lipinski definition) is 1. The average Bonchev–Trinajstić information content (AvgIpc) is 3.39. The van der Waals surface area contributed by atoms with E-state index in [2.05, 4.69) is 30.8 Å². The Morgan fingerprint density at radius 3 is 2.71 bits per heavy atom. The molecular formula is C19H17N7OS. The van der Waals surface area contributed by atoms with Crippen LogP contribution in [0.2, 0.25) is 0 Å². The third-order valence-electron chi connectivity index (χ3n) is 4.14. The monoisotopic (exact) mass is 391 g/mol. The molecule has 9 heteroatoms. The van der Waals surface area contributed by atoms with Gasteiger partial charge in [-0.15, -0.1) is 5.10 Å². The number of nitrogens with one attached hydrogen (secondary N) is 1. The average molecular weight is 391 g/mol. The van der Waals surface area contributed by atoms with E-state index in [1.807, 2.05) is 54.9 Å². The minimum absolute atomic E-state index is 0.225. The maximum absolute atomic E-state index is 12.4. The van der Waals surface area contributed by atoms with Crippen molar-refractivity contribution in [3.05, 3.63) is 70.1 Å². The van der Waals surface area contributed by atoms with Crippen LogP contribution in [0.25, 0.3) is 16.9 Å².